The fourth-order valence-corrected chi connectivity index (χ4v) is 1.76. The lowest BCUT2D eigenvalue weighted by Gasteiger charge is -2.11. The summed E-state index contributed by atoms with van der Waals surface area (Å²) in [6, 6.07) is 2.55. The predicted octanol–water partition coefficient (Wildman–Crippen LogP) is 1.89. The van der Waals surface area contributed by atoms with Crippen LogP contribution in [0.2, 0.25) is 0 Å². The topological polar surface area (TPSA) is 74.3 Å². The maximum absolute atomic E-state index is 11.9. The van der Waals surface area contributed by atoms with Gasteiger partial charge in [0.2, 0.25) is 0 Å². The fourth-order valence-electron chi connectivity index (χ4n) is 1.76. The number of esters is 1. The third-order valence-electron chi connectivity index (χ3n) is 2.84. The van der Waals surface area contributed by atoms with Gasteiger partial charge in [0.25, 0.3) is 0 Å². The Morgan fingerprint density at radius 3 is 3.11 bits per heavy atom. The molecule has 1 atom stereocenters. The zero-order valence-electron chi connectivity index (χ0n) is 11.0. The zero-order valence-corrected chi connectivity index (χ0v) is 11.0. The third kappa shape index (κ3) is 2.67. The molecule has 0 fully saturated rings. The van der Waals surface area contributed by atoms with Crippen molar-refractivity contribution >= 4 is 17.2 Å². The van der Waals surface area contributed by atoms with Gasteiger partial charge in [-0.25, -0.2) is 19.1 Å². The number of rotatable bonds is 5. The third-order valence-corrected chi connectivity index (χ3v) is 2.84. The lowest BCUT2D eigenvalue weighted by atomic mass is 10.3. The van der Waals surface area contributed by atoms with E-state index in [2.05, 4.69) is 4.98 Å². The van der Waals surface area contributed by atoms with Crippen LogP contribution in [0, 0.1) is 0 Å². The lowest BCUT2D eigenvalue weighted by Crippen LogP contribution is -2.26. The Labute approximate surface area is 110 Å². The van der Waals surface area contributed by atoms with Crippen LogP contribution in [0.4, 0.5) is 0 Å². The molecule has 0 N–H and O–H groups in total. The molecule has 2 aromatic heterocycles. The van der Waals surface area contributed by atoms with Crippen LogP contribution < -0.4 is 5.76 Å². The van der Waals surface area contributed by atoms with Crippen LogP contribution in [0.1, 0.15) is 32.7 Å². The van der Waals surface area contributed by atoms with Crippen molar-refractivity contribution in [2.75, 3.05) is 6.61 Å². The maximum Gasteiger partial charge on any atom is 0.422 e. The van der Waals surface area contributed by atoms with Gasteiger partial charge in [0.1, 0.15) is 6.04 Å². The van der Waals surface area contributed by atoms with Gasteiger partial charge in [-0.1, -0.05) is 13.3 Å². The minimum Gasteiger partial charge on any atom is -0.464 e. The number of pyridine rings is 1. The first-order valence-electron chi connectivity index (χ1n) is 6.27. The Morgan fingerprint density at radius 1 is 1.58 bits per heavy atom. The van der Waals surface area contributed by atoms with Crippen LogP contribution in [0.3, 0.4) is 0 Å². The van der Waals surface area contributed by atoms with E-state index >= 15 is 0 Å². The monoisotopic (exact) mass is 264 g/mol. The number of carbonyl (C=O) groups is 1. The molecular weight excluding hydrogens is 248 g/mol. The molecule has 2 rings (SSSR count). The molecule has 0 aromatic carbocycles. The molecule has 6 nitrogen and oxygen atoms in total. The van der Waals surface area contributed by atoms with E-state index in [0.717, 1.165) is 12.8 Å². The van der Waals surface area contributed by atoms with Crippen LogP contribution in [0.5, 0.6) is 0 Å². The quantitative estimate of drug-likeness (QED) is 0.609. The Balaban J connectivity index is 2.26. The van der Waals surface area contributed by atoms with E-state index in [1.807, 2.05) is 6.92 Å². The molecule has 0 aliphatic rings. The van der Waals surface area contributed by atoms with Crippen molar-refractivity contribution in [3.05, 3.63) is 28.9 Å². The summed E-state index contributed by atoms with van der Waals surface area (Å²) < 4.78 is 11.3. The molecule has 0 saturated heterocycles. The molecule has 0 spiro atoms. The lowest BCUT2D eigenvalue weighted by molar-refractivity contribution is -0.147. The van der Waals surface area contributed by atoms with E-state index < -0.39 is 17.8 Å². The van der Waals surface area contributed by atoms with E-state index in [0.29, 0.717) is 17.8 Å². The fraction of sp³-hybridized carbons (Fsp3) is 0.462. The van der Waals surface area contributed by atoms with Crippen molar-refractivity contribution in [3.8, 4) is 0 Å². The Hall–Kier alpha value is -2.11. The van der Waals surface area contributed by atoms with E-state index in [1.165, 1.54) is 4.57 Å². The number of oxazole rings is 1. The second-order valence-corrected chi connectivity index (χ2v) is 4.26. The highest BCUT2D eigenvalue weighted by molar-refractivity contribution is 5.77. The number of hydrogen-bond acceptors (Lipinski definition) is 5. The van der Waals surface area contributed by atoms with Gasteiger partial charge in [0.05, 0.1) is 6.61 Å². The van der Waals surface area contributed by atoms with Crippen molar-refractivity contribution in [2.24, 2.45) is 0 Å². The SMILES string of the molecule is CCCCOC(=O)C(C)n1c(=O)oc2cccnc21. The van der Waals surface area contributed by atoms with Crippen LogP contribution in [-0.2, 0) is 9.53 Å². The number of aromatic nitrogens is 2. The van der Waals surface area contributed by atoms with Crippen LogP contribution in [-0.4, -0.2) is 22.1 Å². The van der Waals surface area contributed by atoms with Crippen molar-refractivity contribution in [1.29, 1.82) is 0 Å². The second kappa shape index (κ2) is 5.69. The highest BCUT2D eigenvalue weighted by Crippen LogP contribution is 2.15. The van der Waals surface area contributed by atoms with Crippen LogP contribution in [0.25, 0.3) is 11.2 Å². The zero-order chi connectivity index (χ0) is 13.8. The highest BCUT2D eigenvalue weighted by Gasteiger charge is 2.23. The van der Waals surface area contributed by atoms with E-state index in [-0.39, 0.29) is 0 Å². The Morgan fingerprint density at radius 2 is 2.37 bits per heavy atom. The molecule has 6 heteroatoms. The van der Waals surface area contributed by atoms with Crippen molar-refractivity contribution in [1.82, 2.24) is 9.55 Å². The van der Waals surface area contributed by atoms with Gasteiger partial charge in [-0.05, 0) is 25.5 Å². The smallest absolute Gasteiger partial charge is 0.422 e. The summed E-state index contributed by atoms with van der Waals surface area (Å²) in [6.45, 7) is 3.96. The number of unbranched alkanes of at least 4 members (excludes halogenated alkanes) is 1. The minimum absolute atomic E-state index is 0.354. The normalized spacial score (nSPS) is 12.5. The molecule has 0 saturated carbocycles. The summed E-state index contributed by atoms with van der Waals surface area (Å²) >= 11 is 0. The Bertz CT molecular complexity index is 629. The van der Waals surface area contributed by atoms with Gasteiger partial charge in [-0.3, -0.25) is 0 Å². The first kappa shape index (κ1) is 13.3. The van der Waals surface area contributed by atoms with Gasteiger partial charge in [0.15, 0.2) is 11.2 Å². The first-order chi connectivity index (χ1) is 9.15. The molecule has 0 aliphatic carbocycles. The Kier molecular flexibility index (Phi) is 3.99. The molecular formula is C13H16N2O4. The van der Waals surface area contributed by atoms with Crippen molar-refractivity contribution in [3.63, 3.8) is 0 Å². The molecule has 0 amide bonds. The summed E-state index contributed by atoms with van der Waals surface area (Å²) in [6.07, 6.45) is 3.29. The van der Waals surface area contributed by atoms with Crippen LogP contribution in [0.15, 0.2) is 27.5 Å². The van der Waals surface area contributed by atoms with Crippen molar-refractivity contribution in [2.45, 2.75) is 32.7 Å². The molecule has 2 aromatic rings. The highest BCUT2D eigenvalue weighted by atomic mass is 16.5. The van der Waals surface area contributed by atoms with E-state index in [9.17, 15) is 9.59 Å². The molecule has 19 heavy (non-hydrogen) atoms. The summed E-state index contributed by atoms with van der Waals surface area (Å²) in [4.78, 5) is 27.7. The summed E-state index contributed by atoms with van der Waals surface area (Å²) in [5.74, 6) is -1.06. The number of hydrogen-bond donors (Lipinski definition) is 0. The minimum atomic E-state index is -0.750. The average molecular weight is 264 g/mol. The van der Waals surface area contributed by atoms with Crippen LogP contribution >= 0.6 is 0 Å². The molecule has 0 radical (unpaired) electrons. The molecule has 1 unspecified atom stereocenters. The molecule has 0 bridgehead atoms. The van der Waals surface area contributed by atoms with Gasteiger partial charge in [0, 0.05) is 6.20 Å². The van der Waals surface area contributed by atoms with Crippen molar-refractivity contribution < 1.29 is 13.9 Å². The number of fused-ring (bicyclic) bond motifs is 1. The summed E-state index contributed by atoms with van der Waals surface area (Å²) in [5, 5.41) is 0. The van der Waals surface area contributed by atoms with Gasteiger partial charge >= 0.3 is 11.7 Å². The summed E-state index contributed by atoms with van der Waals surface area (Å²) in [5.41, 5.74) is 0.716. The second-order valence-electron chi connectivity index (χ2n) is 4.26. The first-order valence-corrected chi connectivity index (χ1v) is 6.27. The molecule has 2 heterocycles. The maximum atomic E-state index is 11.9. The largest absolute Gasteiger partial charge is 0.464 e. The van der Waals surface area contributed by atoms with E-state index in [1.54, 1.807) is 25.3 Å². The average Bonchev–Trinajstić information content (AvgIpc) is 2.74. The van der Waals surface area contributed by atoms with E-state index in [4.69, 9.17) is 9.15 Å². The van der Waals surface area contributed by atoms with Gasteiger partial charge < -0.3 is 9.15 Å². The summed E-state index contributed by atoms with van der Waals surface area (Å²) in [7, 11) is 0. The predicted molar refractivity (Wildman–Crippen MR) is 68.8 cm³/mol. The molecule has 0 aliphatic heterocycles. The van der Waals surface area contributed by atoms with Gasteiger partial charge in [-0.15, -0.1) is 0 Å². The number of carbonyl (C=O) groups excluding carboxylic acids is 1. The standard InChI is InChI=1S/C13H16N2O4/c1-3-4-8-18-12(16)9(2)15-11-10(19-13(15)17)6-5-7-14-11/h5-7,9H,3-4,8H2,1-2H3. The number of nitrogens with zero attached hydrogens (tertiary/aromatic N) is 2. The van der Waals surface area contributed by atoms with Gasteiger partial charge in [-0.2, -0.15) is 0 Å². The molecule has 102 valence electrons. The number of ether oxygens (including phenoxy) is 1.